The van der Waals surface area contributed by atoms with Gasteiger partial charge in [-0.05, 0) is 66.6 Å². The first kappa shape index (κ1) is 24.6. The van der Waals surface area contributed by atoms with Gasteiger partial charge in [0.2, 0.25) is 0 Å². The molecule has 1 aliphatic rings. The van der Waals surface area contributed by atoms with Gasteiger partial charge in [0.05, 0.1) is 18.0 Å². The Hall–Kier alpha value is -3.51. The summed E-state index contributed by atoms with van der Waals surface area (Å²) in [6.45, 7) is 7.37. The van der Waals surface area contributed by atoms with Crippen LogP contribution in [-0.2, 0) is 0 Å². The second-order valence-electron chi connectivity index (χ2n) is 8.99. The summed E-state index contributed by atoms with van der Waals surface area (Å²) < 4.78 is 5.71. The van der Waals surface area contributed by atoms with Crippen LogP contribution in [-0.4, -0.2) is 49.5 Å². The normalized spacial score (nSPS) is 13.6. The molecular formula is C28H30ClN3O3. The molecule has 1 N–H and O–H groups in total. The lowest BCUT2D eigenvalue weighted by molar-refractivity contribution is 0.0746. The molecular weight excluding hydrogens is 462 g/mol. The fraction of sp³-hybridized carbons (Fsp3) is 0.286. The van der Waals surface area contributed by atoms with Gasteiger partial charge >= 0.3 is 0 Å². The molecule has 0 atom stereocenters. The lowest BCUT2D eigenvalue weighted by atomic mass is 10.1. The van der Waals surface area contributed by atoms with E-state index >= 15 is 0 Å². The van der Waals surface area contributed by atoms with E-state index in [0.29, 0.717) is 54.9 Å². The Balaban J connectivity index is 1.38. The number of carbonyl (C=O) groups is 2. The Labute approximate surface area is 211 Å². The maximum atomic E-state index is 12.9. The largest absolute Gasteiger partial charge is 0.493 e. The minimum atomic E-state index is -0.176. The summed E-state index contributed by atoms with van der Waals surface area (Å²) in [6.07, 6.45) is 0. The molecule has 0 radical (unpaired) electrons. The fourth-order valence-corrected chi connectivity index (χ4v) is 4.07. The van der Waals surface area contributed by atoms with Crippen molar-refractivity contribution in [1.82, 2.24) is 4.90 Å². The molecule has 6 nitrogen and oxygen atoms in total. The number of anilines is 2. The lowest BCUT2D eigenvalue weighted by Gasteiger charge is -2.37. The van der Waals surface area contributed by atoms with Crippen LogP contribution >= 0.6 is 11.6 Å². The molecule has 0 spiro atoms. The first-order valence-corrected chi connectivity index (χ1v) is 12.2. The predicted octanol–water partition coefficient (Wildman–Crippen LogP) is 5.59. The van der Waals surface area contributed by atoms with Crippen LogP contribution in [0.2, 0.25) is 5.02 Å². The third kappa shape index (κ3) is 6.34. The number of hydrogen-bond donors (Lipinski definition) is 1. The molecule has 7 heteroatoms. The Morgan fingerprint density at radius 3 is 2.17 bits per heavy atom. The average Bonchev–Trinajstić information content (AvgIpc) is 2.88. The van der Waals surface area contributed by atoms with Gasteiger partial charge in [0.15, 0.2) is 0 Å². The number of piperazine rings is 1. The molecule has 3 aromatic carbocycles. The number of amides is 2. The molecule has 0 saturated carbocycles. The van der Waals surface area contributed by atoms with Crippen LogP contribution in [0.4, 0.5) is 11.4 Å². The number of nitrogens with one attached hydrogen (secondary N) is 1. The van der Waals surface area contributed by atoms with Crippen molar-refractivity contribution in [2.45, 2.75) is 13.8 Å². The van der Waals surface area contributed by atoms with Crippen molar-refractivity contribution in [3.8, 4) is 5.75 Å². The highest BCUT2D eigenvalue weighted by Gasteiger charge is 2.24. The molecule has 1 saturated heterocycles. The van der Waals surface area contributed by atoms with Gasteiger partial charge in [-0.2, -0.15) is 0 Å². The van der Waals surface area contributed by atoms with Crippen molar-refractivity contribution < 1.29 is 14.3 Å². The maximum Gasteiger partial charge on any atom is 0.255 e. The van der Waals surface area contributed by atoms with E-state index in [9.17, 15) is 9.59 Å². The monoisotopic (exact) mass is 491 g/mol. The number of benzene rings is 3. The molecule has 0 unspecified atom stereocenters. The van der Waals surface area contributed by atoms with Crippen LogP contribution < -0.4 is 15.0 Å². The SMILES string of the molecule is CC(C)COc1ccc(C(=O)Nc2ccccc2N2CCN(C(=O)c3ccc(Cl)cc3)CC2)cc1. The summed E-state index contributed by atoms with van der Waals surface area (Å²) in [7, 11) is 0. The standard InChI is InChI=1S/C28H30ClN3O3/c1-20(2)19-35-24-13-9-21(10-14-24)27(33)30-25-5-3-4-6-26(25)31-15-17-32(18-16-31)28(34)22-7-11-23(29)12-8-22/h3-14,20H,15-19H2,1-2H3,(H,30,33). The molecule has 182 valence electrons. The van der Waals surface area contributed by atoms with E-state index in [1.165, 1.54) is 0 Å². The molecule has 0 aliphatic carbocycles. The number of rotatable bonds is 7. The molecule has 1 fully saturated rings. The molecule has 0 bridgehead atoms. The summed E-state index contributed by atoms with van der Waals surface area (Å²) in [4.78, 5) is 29.8. The molecule has 0 aromatic heterocycles. The predicted molar refractivity (Wildman–Crippen MR) is 141 cm³/mol. The summed E-state index contributed by atoms with van der Waals surface area (Å²) in [6, 6.07) is 21.9. The molecule has 35 heavy (non-hydrogen) atoms. The summed E-state index contributed by atoms with van der Waals surface area (Å²) in [5, 5.41) is 3.66. The number of carbonyl (C=O) groups excluding carboxylic acids is 2. The smallest absolute Gasteiger partial charge is 0.255 e. The molecule has 1 heterocycles. The van der Waals surface area contributed by atoms with E-state index in [2.05, 4.69) is 24.1 Å². The van der Waals surface area contributed by atoms with Crippen molar-refractivity contribution in [1.29, 1.82) is 0 Å². The topological polar surface area (TPSA) is 61.9 Å². The Morgan fingerprint density at radius 1 is 0.886 bits per heavy atom. The number of nitrogens with zero attached hydrogens (tertiary/aromatic N) is 2. The molecule has 1 aliphatic heterocycles. The zero-order chi connectivity index (χ0) is 24.8. The maximum absolute atomic E-state index is 12.9. The van der Waals surface area contributed by atoms with Crippen LogP contribution in [0.5, 0.6) is 5.75 Å². The van der Waals surface area contributed by atoms with Gasteiger partial charge < -0.3 is 19.9 Å². The van der Waals surface area contributed by atoms with Gasteiger partial charge in [0.25, 0.3) is 11.8 Å². The molecule has 4 rings (SSSR count). The number of ether oxygens (including phenoxy) is 1. The van der Waals surface area contributed by atoms with E-state index in [1.807, 2.05) is 41.3 Å². The van der Waals surface area contributed by atoms with E-state index in [0.717, 1.165) is 17.1 Å². The van der Waals surface area contributed by atoms with Gasteiger partial charge in [0.1, 0.15) is 5.75 Å². The minimum Gasteiger partial charge on any atom is -0.493 e. The number of hydrogen-bond acceptors (Lipinski definition) is 4. The summed E-state index contributed by atoms with van der Waals surface area (Å²) in [5.74, 6) is 1.02. The number of para-hydroxylation sites is 2. The van der Waals surface area contributed by atoms with E-state index in [4.69, 9.17) is 16.3 Å². The third-order valence-electron chi connectivity index (χ3n) is 5.85. The second kappa shape index (κ2) is 11.3. The van der Waals surface area contributed by atoms with Crippen LogP contribution in [0.15, 0.2) is 72.8 Å². The second-order valence-corrected chi connectivity index (χ2v) is 9.42. The van der Waals surface area contributed by atoms with Gasteiger partial charge in [-0.25, -0.2) is 0 Å². The lowest BCUT2D eigenvalue weighted by Crippen LogP contribution is -2.49. The Morgan fingerprint density at radius 2 is 1.51 bits per heavy atom. The van der Waals surface area contributed by atoms with E-state index in [1.54, 1.807) is 36.4 Å². The van der Waals surface area contributed by atoms with Gasteiger partial charge in [-0.1, -0.05) is 37.6 Å². The van der Waals surface area contributed by atoms with E-state index in [-0.39, 0.29) is 11.8 Å². The van der Waals surface area contributed by atoms with Crippen molar-refractivity contribution in [2.75, 3.05) is 43.0 Å². The van der Waals surface area contributed by atoms with Gasteiger partial charge in [-0.3, -0.25) is 9.59 Å². The molecule has 3 aromatic rings. The zero-order valence-electron chi connectivity index (χ0n) is 20.0. The highest BCUT2D eigenvalue weighted by molar-refractivity contribution is 6.30. The first-order valence-electron chi connectivity index (χ1n) is 11.8. The number of halogens is 1. The zero-order valence-corrected chi connectivity index (χ0v) is 20.8. The Bertz CT molecular complexity index is 1150. The van der Waals surface area contributed by atoms with Crippen LogP contribution in [0, 0.1) is 5.92 Å². The summed E-state index contributed by atoms with van der Waals surface area (Å²) in [5.41, 5.74) is 2.89. The quantitative estimate of drug-likeness (QED) is 0.468. The van der Waals surface area contributed by atoms with Crippen LogP contribution in [0.1, 0.15) is 34.6 Å². The highest BCUT2D eigenvalue weighted by Crippen LogP contribution is 2.28. The van der Waals surface area contributed by atoms with Gasteiger partial charge in [-0.15, -0.1) is 0 Å². The van der Waals surface area contributed by atoms with Crippen LogP contribution in [0.3, 0.4) is 0 Å². The van der Waals surface area contributed by atoms with E-state index < -0.39 is 0 Å². The average molecular weight is 492 g/mol. The summed E-state index contributed by atoms with van der Waals surface area (Å²) >= 11 is 5.94. The highest BCUT2D eigenvalue weighted by atomic mass is 35.5. The van der Waals surface area contributed by atoms with Crippen molar-refractivity contribution in [3.63, 3.8) is 0 Å². The molecule has 2 amide bonds. The fourth-order valence-electron chi connectivity index (χ4n) is 3.94. The Kier molecular flexibility index (Phi) is 7.93. The van der Waals surface area contributed by atoms with Crippen molar-refractivity contribution in [2.24, 2.45) is 5.92 Å². The van der Waals surface area contributed by atoms with Crippen molar-refractivity contribution >= 4 is 34.8 Å². The van der Waals surface area contributed by atoms with Gasteiger partial charge in [0, 0.05) is 42.3 Å². The van der Waals surface area contributed by atoms with Crippen LogP contribution in [0.25, 0.3) is 0 Å². The van der Waals surface area contributed by atoms with Crippen molar-refractivity contribution in [3.05, 3.63) is 88.9 Å². The first-order chi connectivity index (χ1) is 16.9. The third-order valence-corrected chi connectivity index (χ3v) is 6.10. The minimum absolute atomic E-state index is 0.00345.